The van der Waals surface area contributed by atoms with E-state index in [1.807, 2.05) is 20.9 Å². The Morgan fingerprint density at radius 1 is 1.48 bits per heavy atom. The fourth-order valence-electron chi connectivity index (χ4n) is 3.22. The molecule has 0 saturated heterocycles. The topological polar surface area (TPSA) is 70.7 Å². The third kappa shape index (κ3) is 2.66. The van der Waals surface area contributed by atoms with Gasteiger partial charge in [-0.15, -0.1) is 11.3 Å². The van der Waals surface area contributed by atoms with Gasteiger partial charge in [0.25, 0.3) is 5.91 Å². The highest BCUT2D eigenvalue weighted by Crippen LogP contribution is 2.39. The molecule has 0 unspecified atom stereocenters. The smallest absolute Gasteiger partial charge is 0.260 e. The molecule has 1 N–H and O–H groups in total. The van der Waals surface area contributed by atoms with Gasteiger partial charge in [0.2, 0.25) is 0 Å². The number of hydrogen-bond donors (Lipinski definition) is 1. The van der Waals surface area contributed by atoms with Crippen LogP contribution in [-0.4, -0.2) is 15.7 Å². The first-order valence-corrected chi connectivity index (χ1v) is 8.60. The van der Waals surface area contributed by atoms with Gasteiger partial charge in [0.1, 0.15) is 11.1 Å². The van der Waals surface area contributed by atoms with Crippen LogP contribution in [-0.2, 0) is 19.9 Å². The lowest BCUT2D eigenvalue weighted by Gasteiger charge is -2.17. The molecule has 0 fully saturated rings. The van der Waals surface area contributed by atoms with Gasteiger partial charge in [-0.1, -0.05) is 6.92 Å². The first kappa shape index (κ1) is 15.8. The number of thiophene rings is 1. The quantitative estimate of drug-likeness (QED) is 0.919. The monoisotopic (exact) mass is 328 g/mol. The standard InChI is InChI=1S/C17H20N4OS/c1-9-5-6-12-13(8-18)17(23-14(12)7-9)19-16(22)15-10(2)20-21(4)11(15)3/h9H,5-7H2,1-4H3,(H,19,22)/t9-/m0/s1. The van der Waals surface area contributed by atoms with Crippen molar-refractivity contribution in [2.45, 2.75) is 40.0 Å². The summed E-state index contributed by atoms with van der Waals surface area (Å²) in [6, 6.07) is 2.28. The number of rotatable bonds is 2. The lowest BCUT2D eigenvalue weighted by molar-refractivity contribution is 0.102. The van der Waals surface area contributed by atoms with E-state index in [0.717, 1.165) is 30.5 Å². The number of hydrogen-bond acceptors (Lipinski definition) is 4. The van der Waals surface area contributed by atoms with E-state index in [1.165, 1.54) is 4.88 Å². The van der Waals surface area contributed by atoms with E-state index in [9.17, 15) is 10.1 Å². The molecule has 2 heterocycles. The summed E-state index contributed by atoms with van der Waals surface area (Å²) in [5, 5.41) is 17.4. The first-order valence-electron chi connectivity index (χ1n) is 7.78. The number of fused-ring (bicyclic) bond motifs is 1. The summed E-state index contributed by atoms with van der Waals surface area (Å²) in [6.07, 6.45) is 3.03. The molecule has 2 aromatic heterocycles. The molecule has 2 aromatic rings. The summed E-state index contributed by atoms with van der Waals surface area (Å²) in [5.41, 5.74) is 3.90. The van der Waals surface area contributed by atoms with Crippen molar-refractivity contribution in [1.82, 2.24) is 9.78 Å². The van der Waals surface area contributed by atoms with Gasteiger partial charge >= 0.3 is 0 Å². The van der Waals surface area contributed by atoms with Gasteiger partial charge in [0.15, 0.2) is 0 Å². The third-order valence-corrected chi connectivity index (χ3v) is 5.76. The number of anilines is 1. The summed E-state index contributed by atoms with van der Waals surface area (Å²) < 4.78 is 1.70. The van der Waals surface area contributed by atoms with Crippen molar-refractivity contribution in [3.8, 4) is 6.07 Å². The second-order valence-corrected chi connectivity index (χ2v) is 7.40. The summed E-state index contributed by atoms with van der Waals surface area (Å²) >= 11 is 1.55. The van der Waals surface area contributed by atoms with Crippen molar-refractivity contribution in [2.75, 3.05) is 5.32 Å². The predicted molar refractivity (Wildman–Crippen MR) is 90.9 cm³/mol. The van der Waals surface area contributed by atoms with Crippen LogP contribution in [0.15, 0.2) is 0 Å². The lowest BCUT2D eigenvalue weighted by Crippen LogP contribution is -2.14. The molecule has 23 heavy (non-hydrogen) atoms. The van der Waals surface area contributed by atoms with Crippen LogP contribution in [0, 0.1) is 31.1 Å². The fourth-order valence-corrected chi connectivity index (χ4v) is 4.58. The normalized spacial score (nSPS) is 16.7. The van der Waals surface area contributed by atoms with Crippen molar-refractivity contribution in [3.63, 3.8) is 0 Å². The van der Waals surface area contributed by atoms with Gasteiger partial charge in [-0.2, -0.15) is 10.4 Å². The molecule has 3 rings (SSSR count). The summed E-state index contributed by atoms with van der Waals surface area (Å²) in [5.74, 6) is 0.454. The average molecular weight is 328 g/mol. The number of nitriles is 1. The molecule has 6 heteroatoms. The summed E-state index contributed by atoms with van der Waals surface area (Å²) in [6.45, 7) is 5.94. The van der Waals surface area contributed by atoms with E-state index in [1.54, 1.807) is 16.0 Å². The highest BCUT2D eigenvalue weighted by atomic mass is 32.1. The predicted octanol–water partition coefficient (Wildman–Crippen LogP) is 3.35. The molecule has 1 aliphatic rings. The van der Waals surface area contributed by atoms with Crippen molar-refractivity contribution >= 4 is 22.2 Å². The number of aryl methyl sites for hydroxylation is 2. The van der Waals surface area contributed by atoms with E-state index in [2.05, 4.69) is 23.4 Å². The Bertz CT molecular complexity index is 825. The Kier molecular flexibility index (Phi) is 3.99. The van der Waals surface area contributed by atoms with Crippen molar-refractivity contribution < 1.29 is 4.79 Å². The average Bonchev–Trinajstić information content (AvgIpc) is 2.95. The highest BCUT2D eigenvalue weighted by molar-refractivity contribution is 7.16. The van der Waals surface area contributed by atoms with E-state index in [4.69, 9.17) is 0 Å². The Hall–Kier alpha value is -2.13. The van der Waals surface area contributed by atoms with Crippen LogP contribution < -0.4 is 5.32 Å². The van der Waals surface area contributed by atoms with Gasteiger partial charge in [-0.3, -0.25) is 9.48 Å². The highest BCUT2D eigenvalue weighted by Gasteiger charge is 2.26. The van der Waals surface area contributed by atoms with Crippen LogP contribution in [0.25, 0.3) is 0 Å². The Labute approximate surface area is 139 Å². The van der Waals surface area contributed by atoms with Gasteiger partial charge in [-0.05, 0) is 44.6 Å². The van der Waals surface area contributed by atoms with Crippen LogP contribution in [0.3, 0.4) is 0 Å². The van der Waals surface area contributed by atoms with Gasteiger partial charge in [-0.25, -0.2) is 0 Å². The molecule has 5 nitrogen and oxygen atoms in total. The molecule has 0 saturated carbocycles. The molecular weight excluding hydrogens is 308 g/mol. The molecule has 1 aliphatic carbocycles. The second kappa shape index (κ2) is 5.82. The Morgan fingerprint density at radius 2 is 2.22 bits per heavy atom. The largest absolute Gasteiger partial charge is 0.312 e. The van der Waals surface area contributed by atoms with Crippen LogP contribution in [0.2, 0.25) is 0 Å². The number of amides is 1. The number of nitrogens with zero attached hydrogens (tertiary/aromatic N) is 3. The maximum atomic E-state index is 12.6. The Balaban J connectivity index is 1.94. The zero-order valence-electron chi connectivity index (χ0n) is 13.9. The van der Waals surface area contributed by atoms with Crippen molar-refractivity contribution in [3.05, 3.63) is 33.0 Å². The molecule has 0 aliphatic heterocycles. The van der Waals surface area contributed by atoms with E-state index in [0.29, 0.717) is 27.7 Å². The molecule has 1 atom stereocenters. The minimum atomic E-state index is -0.184. The molecule has 1 amide bonds. The van der Waals surface area contributed by atoms with Crippen LogP contribution in [0.4, 0.5) is 5.00 Å². The van der Waals surface area contributed by atoms with Crippen LogP contribution in [0.5, 0.6) is 0 Å². The van der Waals surface area contributed by atoms with Crippen LogP contribution >= 0.6 is 11.3 Å². The molecule has 0 aromatic carbocycles. The summed E-state index contributed by atoms with van der Waals surface area (Å²) in [7, 11) is 1.82. The molecule has 0 bridgehead atoms. The zero-order valence-corrected chi connectivity index (χ0v) is 14.7. The number of aromatic nitrogens is 2. The maximum absolute atomic E-state index is 12.6. The third-order valence-electron chi connectivity index (χ3n) is 4.59. The summed E-state index contributed by atoms with van der Waals surface area (Å²) in [4.78, 5) is 13.9. The van der Waals surface area contributed by atoms with Crippen molar-refractivity contribution in [1.29, 1.82) is 5.26 Å². The lowest BCUT2D eigenvalue weighted by atomic mass is 9.88. The fraction of sp³-hybridized carbons (Fsp3) is 0.471. The van der Waals surface area contributed by atoms with Gasteiger partial charge < -0.3 is 5.32 Å². The van der Waals surface area contributed by atoms with Crippen LogP contribution in [0.1, 0.15) is 51.1 Å². The molecule has 0 radical (unpaired) electrons. The van der Waals surface area contributed by atoms with E-state index >= 15 is 0 Å². The number of carbonyl (C=O) groups excluding carboxylic acids is 1. The van der Waals surface area contributed by atoms with Crippen molar-refractivity contribution in [2.24, 2.45) is 13.0 Å². The maximum Gasteiger partial charge on any atom is 0.260 e. The SMILES string of the molecule is Cc1nn(C)c(C)c1C(=O)Nc1sc2c(c1C#N)CC[C@H](C)C2. The van der Waals surface area contributed by atoms with Gasteiger partial charge in [0.05, 0.1) is 16.8 Å². The number of nitrogens with one attached hydrogen (secondary N) is 1. The van der Waals surface area contributed by atoms with E-state index < -0.39 is 0 Å². The molecule has 0 spiro atoms. The minimum absolute atomic E-state index is 0.184. The Morgan fingerprint density at radius 3 is 2.83 bits per heavy atom. The molecular formula is C17H20N4OS. The second-order valence-electron chi connectivity index (χ2n) is 6.29. The van der Waals surface area contributed by atoms with Gasteiger partial charge in [0, 0.05) is 17.6 Å². The zero-order chi connectivity index (χ0) is 16.7. The minimum Gasteiger partial charge on any atom is -0.312 e. The first-order chi connectivity index (χ1) is 10.9. The molecule has 120 valence electrons. The number of carbonyl (C=O) groups is 1. The van der Waals surface area contributed by atoms with E-state index in [-0.39, 0.29) is 5.91 Å².